The Kier molecular flexibility index (Phi) is 6.63. The summed E-state index contributed by atoms with van der Waals surface area (Å²) in [7, 11) is 1.43. The number of thiol groups is 1. The van der Waals surface area contributed by atoms with Crippen LogP contribution in [-0.2, 0) is 6.42 Å². The van der Waals surface area contributed by atoms with Gasteiger partial charge in [0.2, 0.25) is 0 Å². The summed E-state index contributed by atoms with van der Waals surface area (Å²) in [4.78, 5) is 15.2. The van der Waals surface area contributed by atoms with Crippen molar-refractivity contribution in [3.63, 3.8) is 0 Å². The number of ether oxygens (including phenoxy) is 1. The Morgan fingerprint density at radius 2 is 2.03 bits per heavy atom. The van der Waals surface area contributed by atoms with Crippen LogP contribution in [0.2, 0.25) is 0 Å². The standard InChI is InChI=1S/C24H27N3O3S/c1-30-23-10-9-19(15-27(23)29)24(28)26(16-21-22(31)11-13-25-21)14-12-18-7-4-6-17-5-2-3-8-20(17)18/h2-10,15,21-22,25,31H,11-14,16H2,1H3. The Hall–Kier alpha value is -2.77. The largest absolute Gasteiger partial charge is 0.616 e. The molecular formula is C24H27N3O3S. The molecule has 162 valence electrons. The van der Waals surface area contributed by atoms with Crippen molar-refractivity contribution in [1.29, 1.82) is 0 Å². The third kappa shape index (κ3) is 4.78. The first-order valence-corrected chi connectivity index (χ1v) is 11.0. The predicted octanol–water partition coefficient (Wildman–Crippen LogP) is 2.83. The first-order valence-electron chi connectivity index (χ1n) is 10.5. The van der Waals surface area contributed by atoms with E-state index >= 15 is 0 Å². The number of pyridine rings is 1. The molecule has 0 radical (unpaired) electrons. The maximum Gasteiger partial charge on any atom is 0.379 e. The summed E-state index contributed by atoms with van der Waals surface area (Å²) in [6.07, 6.45) is 2.99. The molecule has 4 rings (SSSR count). The lowest BCUT2D eigenvalue weighted by molar-refractivity contribution is -0.612. The van der Waals surface area contributed by atoms with E-state index in [1.807, 2.05) is 17.0 Å². The number of carbonyl (C=O) groups excluding carboxylic acids is 1. The molecule has 2 atom stereocenters. The van der Waals surface area contributed by atoms with Crippen LogP contribution < -0.4 is 14.8 Å². The Bertz CT molecular complexity index is 1070. The molecular weight excluding hydrogens is 410 g/mol. The molecule has 1 aliphatic heterocycles. The Balaban J connectivity index is 1.57. The van der Waals surface area contributed by atoms with Crippen LogP contribution >= 0.6 is 12.6 Å². The summed E-state index contributed by atoms with van der Waals surface area (Å²) >= 11 is 4.68. The number of aromatic nitrogens is 1. The molecule has 1 fully saturated rings. The maximum atomic E-state index is 13.4. The zero-order valence-corrected chi connectivity index (χ0v) is 18.4. The van der Waals surface area contributed by atoms with Gasteiger partial charge < -0.3 is 20.2 Å². The minimum atomic E-state index is -0.165. The van der Waals surface area contributed by atoms with Gasteiger partial charge in [-0.15, -0.1) is 4.73 Å². The molecule has 1 N–H and O–H groups in total. The molecule has 3 aromatic rings. The third-order valence-electron chi connectivity index (χ3n) is 5.88. The van der Waals surface area contributed by atoms with Gasteiger partial charge in [0.15, 0.2) is 6.20 Å². The predicted molar refractivity (Wildman–Crippen MR) is 125 cm³/mol. The van der Waals surface area contributed by atoms with Gasteiger partial charge in [-0.25, -0.2) is 0 Å². The number of nitrogens with one attached hydrogen (secondary N) is 1. The molecule has 6 nitrogen and oxygen atoms in total. The second-order valence-electron chi connectivity index (χ2n) is 7.84. The van der Waals surface area contributed by atoms with Crippen molar-refractivity contribution < 1.29 is 14.3 Å². The Morgan fingerprint density at radius 1 is 1.23 bits per heavy atom. The van der Waals surface area contributed by atoms with Crippen molar-refractivity contribution in [2.75, 3.05) is 26.7 Å². The van der Waals surface area contributed by atoms with Crippen molar-refractivity contribution in [2.45, 2.75) is 24.1 Å². The van der Waals surface area contributed by atoms with Crippen LogP contribution in [0, 0.1) is 5.21 Å². The summed E-state index contributed by atoms with van der Waals surface area (Å²) in [5.41, 5.74) is 1.55. The maximum absolute atomic E-state index is 13.4. The Morgan fingerprint density at radius 3 is 2.77 bits per heavy atom. The van der Waals surface area contributed by atoms with E-state index in [-0.39, 0.29) is 23.1 Å². The highest BCUT2D eigenvalue weighted by atomic mass is 32.1. The van der Waals surface area contributed by atoms with Gasteiger partial charge in [0.25, 0.3) is 5.91 Å². The number of rotatable bonds is 7. The fourth-order valence-corrected chi connectivity index (χ4v) is 4.48. The van der Waals surface area contributed by atoms with E-state index < -0.39 is 0 Å². The van der Waals surface area contributed by atoms with E-state index in [0.29, 0.717) is 23.4 Å². The molecule has 1 aliphatic rings. The van der Waals surface area contributed by atoms with Crippen LogP contribution in [0.3, 0.4) is 0 Å². The highest BCUT2D eigenvalue weighted by Crippen LogP contribution is 2.21. The van der Waals surface area contributed by atoms with Crippen molar-refractivity contribution in [2.24, 2.45) is 0 Å². The first kappa shape index (κ1) is 21.5. The van der Waals surface area contributed by atoms with E-state index in [9.17, 15) is 10.0 Å². The molecule has 0 aliphatic carbocycles. The van der Waals surface area contributed by atoms with E-state index in [1.54, 1.807) is 6.07 Å². The van der Waals surface area contributed by atoms with E-state index in [0.717, 1.165) is 19.4 Å². The molecule has 7 heteroatoms. The number of nitrogens with zero attached hydrogens (tertiary/aromatic N) is 2. The number of carbonyl (C=O) groups is 1. The van der Waals surface area contributed by atoms with Crippen LogP contribution in [0.25, 0.3) is 10.8 Å². The fourth-order valence-electron chi connectivity index (χ4n) is 4.15. The smallest absolute Gasteiger partial charge is 0.379 e. The van der Waals surface area contributed by atoms with Gasteiger partial charge in [0.05, 0.1) is 13.2 Å². The van der Waals surface area contributed by atoms with Gasteiger partial charge in [0, 0.05) is 24.4 Å². The van der Waals surface area contributed by atoms with Crippen molar-refractivity contribution in [1.82, 2.24) is 10.2 Å². The van der Waals surface area contributed by atoms with Crippen LogP contribution in [-0.4, -0.2) is 48.8 Å². The molecule has 2 aromatic carbocycles. The fraction of sp³-hybridized carbons (Fsp3) is 0.333. The zero-order chi connectivity index (χ0) is 21.8. The van der Waals surface area contributed by atoms with Crippen molar-refractivity contribution >= 4 is 29.3 Å². The SMILES string of the molecule is COc1ccc(C(=O)N(CCc2cccc3ccccc23)CC2NCCC2S)c[n+]1[O-]. The van der Waals surface area contributed by atoms with Gasteiger partial charge in [-0.1, -0.05) is 42.5 Å². The third-order valence-corrected chi connectivity index (χ3v) is 6.50. The van der Waals surface area contributed by atoms with Crippen LogP contribution in [0.15, 0.2) is 60.8 Å². The summed E-state index contributed by atoms with van der Waals surface area (Å²) in [6, 6.07) is 17.8. The second kappa shape index (κ2) is 9.58. The van der Waals surface area contributed by atoms with E-state index in [2.05, 4.69) is 48.3 Å². The minimum Gasteiger partial charge on any atom is -0.616 e. The molecule has 1 aromatic heterocycles. The number of hydrogen-bond donors (Lipinski definition) is 2. The summed E-state index contributed by atoms with van der Waals surface area (Å²) in [5.74, 6) is -0.00606. The van der Waals surface area contributed by atoms with Gasteiger partial charge in [-0.3, -0.25) is 4.79 Å². The van der Waals surface area contributed by atoms with E-state index in [1.165, 1.54) is 35.7 Å². The topological polar surface area (TPSA) is 68.5 Å². The molecule has 0 bridgehead atoms. The van der Waals surface area contributed by atoms with Gasteiger partial charge in [0.1, 0.15) is 5.56 Å². The second-order valence-corrected chi connectivity index (χ2v) is 8.51. The van der Waals surface area contributed by atoms with Crippen LogP contribution in [0.1, 0.15) is 22.3 Å². The number of fused-ring (bicyclic) bond motifs is 1. The summed E-state index contributed by atoms with van der Waals surface area (Å²) < 4.78 is 5.60. The van der Waals surface area contributed by atoms with Crippen LogP contribution in [0.5, 0.6) is 5.88 Å². The highest BCUT2D eigenvalue weighted by molar-refractivity contribution is 7.81. The minimum absolute atomic E-state index is 0.123. The monoisotopic (exact) mass is 437 g/mol. The molecule has 31 heavy (non-hydrogen) atoms. The highest BCUT2D eigenvalue weighted by Gasteiger charge is 2.29. The Labute approximate surface area is 187 Å². The molecule has 0 saturated carbocycles. The number of hydrogen-bond acceptors (Lipinski definition) is 5. The lowest BCUT2D eigenvalue weighted by atomic mass is 10.0. The summed E-state index contributed by atoms with van der Waals surface area (Å²) in [5, 5.41) is 18.1. The van der Waals surface area contributed by atoms with Gasteiger partial charge in [-0.05, 0) is 41.8 Å². The number of amides is 1. The molecule has 2 heterocycles. The van der Waals surface area contributed by atoms with Gasteiger partial charge in [-0.2, -0.15) is 12.6 Å². The molecule has 2 unspecified atom stereocenters. The van der Waals surface area contributed by atoms with Crippen molar-refractivity contribution in [3.8, 4) is 5.88 Å². The molecule has 1 amide bonds. The molecule has 1 saturated heterocycles. The summed E-state index contributed by atoms with van der Waals surface area (Å²) in [6.45, 7) is 1.99. The number of methoxy groups -OCH3 is 1. The average molecular weight is 438 g/mol. The lowest BCUT2D eigenvalue weighted by Crippen LogP contribution is -2.45. The quantitative estimate of drug-likeness (QED) is 0.339. The van der Waals surface area contributed by atoms with E-state index in [4.69, 9.17) is 4.74 Å². The first-order chi connectivity index (χ1) is 15.1. The zero-order valence-electron chi connectivity index (χ0n) is 17.5. The normalized spacial score (nSPS) is 18.3. The van der Waals surface area contributed by atoms with Crippen molar-refractivity contribution in [3.05, 3.63) is 77.1 Å². The van der Waals surface area contributed by atoms with Gasteiger partial charge >= 0.3 is 5.88 Å². The molecule has 0 spiro atoms. The van der Waals surface area contributed by atoms with Crippen LogP contribution in [0.4, 0.5) is 0 Å². The number of benzene rings is 2. The average Bonchev–Trinajstić information content (AvgIpc) is 3.20. The lowest BCUT2D eigenvalue weighted by Gasteiger charge is -2.27.